The normalized spacial score (nSPS) is 25.6. The van der Waals surface area contributed by atoms with Gasteiger partial charge in [-0.3, -0.25) is 0 Å². The topological polar surface area (TPSA) is 50.1 Å². The molecule has 2 heterocycles. The lowest BCUT2D eigenvalue weighted by Gasteiger charge is -2.38. The van der Waals surface area contributed by atoms with E-state index in [9.17, 15) is 5.11 Å². The second-order valence-corrected chi connectivity index (χ2v) is 5.74. The van der Waals surface area contributed by atoms with Crippen molar-refractivity contribution in [2.75, 3.05) is 6.61 Å². The summed E-state index contributed by atoms with van der Waals surface area (Å²) in [5.41, 5.74) is 2.51. The van der Waals surface area contributed by atoms with Crippen LogP contribution in [0.2, 0.25) is 0 Å². The molecule has 0 aromatic carbocycles. The van der Waals surface area contributed by atoms with Gasteiger partial charge in [0, 0.05) is 19.5 Å². The van der Waals surface area contributed by atoms with Gasteiger partial charge in [0.25, 0.3) is 0 Å². The van der Waals surface area contributed by atoms with Gasteiger partial charge in [-0.1, -0.05) is 20.8 Å². The van der Waals surface area contributed by atoms with E-state index in [4.69, 9.17) is 0 Å². The highest BCUT2D eigenvalue weighted by Crippen LogP contribution is 2.37. The molecule has 0 fully saturated rings. The summed E-state index contributed by atoms with van der Waals surface area (Å²) < 4.78 is 2.09. The fourth-order valence-electron chi connectivity index (χ4n) is 2.40. The van der Waals surface area contributed by atoms with E-state index < -0.39 is 0 Å². The number of nitrogens with zero attached hydrogens (tertiary/aromatic N) is 2. The standard InChI is InChI=1S/C12H21N3O/c1-12(2,3)11-10-9(13-7-15(10)4)5-8(6-16)14-11/h7-8,11,14,16H,5-6H2,1-4H3. The van der Waals surface area contributed by atoms with Gasteiger partial charge < -0.3 is 15.0 Å². The van der Waals surface area contributed by atoms with Crippen molar-refractivity contribution < 1.29 is 5.11 Å². The first-order valence-electron chi connectivity index (χ1n) is 5.80. The van der Waals surface area contributed by atoms with E-state index >= 15 is 0 Å². The van der Waals surface area contributed by atoms with Crippen molar-refractivity contribution in [3.05, 3.63) is 17.7 Å². The third-order valence-electron chi connectivity index (χ3n) is 3.26. The summed E-state index contributed by atoms with van der Waals surface area (Å²) in [7, 11) is 2.03. The number of aromatic nitrogens is 2. The number of aliphatic hydroxyl groups excluding tert-OH is 1. The zero-order valence-electron chi connectivity index (χ0n) is 10.5. The van der Waals surface area contributed by atoms with Crippen LogP contribution in [0.15, 0.2) is 6.33 Å². The summed E-state index contributed by atoms with van der Waals surface area (Å²) in [6, 6.07) is 0.382. The second-order valence-electron chi connectivity index (χ2n) is 5.74. The van der Waals surface area contributed by atoms with Crippen LogP contribution in [0.3, 0.4) is 0 Å². The number of rotatable bonds is 1. The molecule has 1 aliphatic heterocycles. The molecule has 4 heteroatoms. The minimum Gasteiger partial charge on any atom is -0.395 e. The smallest absolute Gasteiger partial charge is 0.0949 e. The van der Waals surface area contributed by atoms with E-state index in [-0.39, 0.29) is 24.1 Å². The molecule has 0 saturated carbocycles. The van der Waals surface area contributed by atoms with Crippen molar-refractivity contribution in [2.24, 2.45) is 12.5 Å². The van der Waals surface area contributed by atoms with Crippen molar-refractivity contribution in [3.8, 4) is 0 Å². The number of fused-ring (bicyclic) bond motifs is 1. The number of hydrogen-bond donors (Lipinski definition) is 2. The highest BCUT2D eigenvalue weighted by Gasteiger charge is 2.36. The maximum atomic E-state index is 9.31. The monoisotopic (exact) mass is 223 g/mol. The van der Waals surface area contributed by atoms with Gasteiger partial charge in [-0.15, -0.1) is 0 Å². The molecule has 1 aromatic rings. The lowest BCUT2D eigenvalue weighted by molar-refractivity contribution is 0.172. The summed E-state index contributed by atoms with van der Waals surface area (Å²) in [5, 5.41) is 12.8. The Balaban J connectivity index is 2.42. The molecular weight excluding hydrogens is 202 g/mol. The first-order valence-corrected chi connectivity index (χ1v) is 5.80. The molecule has 2 unspecified atom stereocenters. The molecular formula is C12H21N3O. The molecule has 0 aliphatic carbocycles. The van der Waals surface area contributed by atoms with E-state index in [1.807, 2.05) is 13.4 Å². The van der Waals surface area contributed by atoms with Crippen molar-refractivity contribution in [1.82, 2.24) is 14.9 Å². The molecule has 0 radical (unpaired) electrons. The summed E-state index contributed by atoms with van der Waals surface area (Å²) in [6.07, 6.45) is 2.68. The zero-order chi connectivity index (χ0) is 11.9. The Kier molecular flexibility index (Phi) is 2.80. The molecule has 0 amide bonds. The van der Waals surface area contributed by atoms with E-state index in [1.54, 1.807) is 0 Å². The Bertz CT molecular complexity index is 378. The lowest BCUT2D eigenvalue weighted by Crippen LogP contribution is -2.47. The largest absolute Gasteiger partial charge is 0.395 e. The van der Waals surface area contributed by atoms with Crippen molar-refractivity contribution in [3.63, 3.8) is 0 Å². The first kappa shape index (κ1) is 11.6. The average molecular weight is 223 g/mol. The number of aryl methyl sites for hydroxylation is 1. The molecule has 2 rings (SSSR count). The van der Waals surface area contributed by atoms with Crippen LogP contribution in [-0.2, 0) is 13.5 Å². The second kappa shape index (κ2) is 3.86. The highest BCUT2D eigenvalue weighted by atomic mass is 16.3. The Labute approximate surface area is 96.7 Å². The number of hydrogen-bond acceptors (Lipinski definition) is 3. The lowest BCUT2D eigenvalue weighted by atomic mass is 9.81. The van der Waals surface area contributed by atoms with Crippen LogP contribution < -0.4 is 5.32 Å². The van der Waals surface area contributed by atoms with Gasteiger partial charge in [-0.2, -0.15) is 0 Å². The fraction of sp³-hybridized carbons (Fsp3) is 0.750. The Morgan fingerprint density at radius 3 is 2.81 bits per heavy atom. The molecule has 2 atom stereocenters. The highest BCUT2D eigenvalue weighted by molar-refractivity contribution is 5.24. The SMILES string of the molecule is Cn1cnc2c1C(C(C)(C)C)NC(CO)C2. The van der Waals surface area contributed by atoms with Crippen molar-refractivity contribution in [1.29, 1.82) is 0 Å². The predicted molar refractivity (Wildman–Crippen MR) is 63.1 cm³/mol. The number of imidazole rings is 1. The number of nitrogens with one attached hydrogen (secondary N) is 1. The van der Waals surface area contributed by atoms with E-state index in [1.165, 1.54) is 5.69 Å². The third kappa shape index (κ3) is 1.87. The maximum absolute atomic E-state index is 9.31. The van der Waals surface area contributed by atoms with Crippen molar-refractivity contribution >= 4 is 0 Å². The van der Waals surface area contributed by atoms with Crippen LogP contribution in [0.5, 0.6) is 0 Å². The first-order chi connectivity index (χ1) is 7.43. The van der Waals surface area contributed by atoms with E-state index in [0.29, 0.717) is 0 Å². The van der Waals surface area contributed by atoms with Gasteiger partial charge in [0.15, 0.2) is 0 Å². The summed E-state index contributed by atoms with van der Waals surface area (Å²) in [6.45, 7) is 6.80. The van der Waals surface area contributed by atoms with Gasteiger partial charge in [-0.25, -0.2) is 4.98 Å². The molecule has 4 nitrogen and oxygen atoms in total. The molecule has 0 bridgehead atoms. The zero-order valence-corrected chi connectivity index (χ0v) is 10.5. The van der Waals surface area contributed by atoms with E-state index in [2.05, 4.69) is 35.6 Å². The quantitative estimate of drug-likeness (QED) is 0.747. The van der Waals surface area contributed by atoms with Crippen molar-refractivity contribution in [2.45, 2.75) is 39.3 Å². The fourth-order valence-corrected chi connectivity index (χ4v) is 2.40. The third-order valence-corrected chi connectivity index (χ3v) is 3.26. The molecule has 2 N–H and O–H groups in total. The molecule has 1 aromatic heterocycles. The molecule has 0 saturated heterocycles. The maximum Gasteiger partial charge on any atom is 0.0949 e. The predicted octanol–water partition coefficient (Wildman–Crippen LogP) is 1.01. The molecule has 0 spiro atoms. The van der Waals surface area contributed by atoms with Gasteiger partial charge in [0.1, 0.15) is 0 Å². The number of aliphatic hydroxyl groups is 1. The van der Waals surface area contributed by atoms with Gasteiger partial charge in [-0.05, 0) is 5.41 Å². The minimum absolute atomic E-state index is 0.121. The Morgan fingerprint density at radius 2 is 2.25 bits per heavy atom. The Hall–Kier alpha value is -0.870. The minimum atomic E-state index is 0.121. The summed E-state index contributed by atoms with van der Waals surface area (Å²) in [5.74, 6) is 0. The van der Waals surface area contributed by atoms with Crippen LogP contribution in [0.1, 0.15) is 38.2 Å². The molecule has 90 valence electrons. The Morgan fingerprint density at radius 1 is 1.56 bits per heavy atom. The summed E-state index contributed by atoms with van der Waals surface area (Å²) in [4.78, 5) is 4.43. The van der Waals surface area contributed by atoms with E-state index in [0.717, 1.165) is 12.1 Å². The van der Waals surface area contributed by atoms with Crippen LogP contribution in [0.25, 0.3) is 0 Å². The van der Waals surface area contributed by atoms with Gasteiger partial charge >= 0.3 is 0 Å². The van der Waals surface area contributed by atoms with Gasteiger partial charge in [0.2, 0.25) is 0 Å². The summed E-state index contributed by atoms with van der Waals surface area (Å²) >= 11 is 0. The average Bonchev–Trinajstić information content (AvgIpc) is 2.58. The van der Waals surface area contributed by atoms with Crippen LogP contribution >= 0.6 is 0 Å². The molecule has 16 heavy (non-hydrogen) atoms. The van der Waals surface area contributed by atoms with Gasteiger partial charge in [0.05, 0.1) is 30.4 Å². The van der Waals surface area contributed by atoms with Crippen LogP contribution in [-0.4, -0.2) is 27.3 Å². The van der Waals surface area contributed by atoms with Crippen LogP contribution in [0.4, 0.5) is 0 Å². The van der Waals surface area contributed by atoms with Crippen LogP contribution in [0, 0.1) is 5.41 Å². The molecule has 1 aliphatic rings.